The summed E-state index contributed by atoms with van der Waals surface area (Å²) in [5, 5.41) is 6.38. The highest BCUT2D eigenvalue weighted by molar-refractivity contribution is 7.10. The van der Waals surface area contributed by atoms with Gasteiger partial charge in [0.25, 0.3) is 0 Å². The van der Waals surface area contributed by atoms with Gasteiger partial charge in [-0.3, -0.25) is 4.90 Å². The van der Waals surface area contributed by atoms with E-state index in [1.807, 2.05) is 11.3 Å². The third-order valence-electron chi connectivity index (χ3n) is 4.05. The van der Waals surface area contributed by atoms with E-state index in [-0.39, 0.29) is 5.41 Å². The second-order valence-electron chi connectivity index (χ2n) is 6.71. The van der Waals surface area contributed by atoms with Crippen LogP contribution >= 0.6 is 11.3 Å². The van der Waals surface area contributed by atoms with E-state index in [9.17, 15) is 0 Å². The Morgan fingerprint density at radius 2 is 2.24 bits per heavy atom. The highest BCUT2D eigenvalue weighted by Gasteiger charge is 2.29. The zero-order chi connectivity index (χ0) is 15.0. The van der Waals surface area contributed by atoms with Crippen molar-refractivity contribution in [1.82, 2.24) is 15.0 Å². The predicted molar refractivity (Wildman–Crippen MR) is 84.5 cm³/mol. The summed E-state index contributed by atoms with van der Waals surface area (Å²) in [4.78, 5) is 8.59. The summed E-state index contributed by atoms with van der Waals surface area (Å²) in [6.07, 6.45) is 2.25. The van der Waals surface area contributed by atoms with Crippen LogP contribution in [0.5, 0.6) is 0 Å². The predicted octanol–water partition coefficient (Wildman–Crippen LogP) is 3.94. The fourth-order valence-corrected chi connectivity index (χ4v) is 3.85. The molecule has 1 aliphatic rings. The quantitative estimate of drug-likeness (QED) is 0.861. The van der Waals surface area contributed by atoms with Crippen LogP contribution in [0.2, 0.25) is 0 Å². The van der Waals surface area contributed by atoms with Gasteiger partial charge in [-0.2, -0.15) is 4.98 Å². The molecule has 0 aliphatic carbocycles. The molecule has 3 heterocycles. The van der Waals surface area contributed by atoms with Crippen LogP contribution in [0.4, 0.5) is 0 Å². The molecule has 0 bridgehead atoms. The first-order valence-electron chi connectivity index (χ1n) is 7.62. The van der Waals surface area contributed by atoms with Gasteiger partial charge >= 0.3 is 0 Å². The summed E-state index contributed by atoms with van der Waals surface area (Å²) in [5.74, 6) is 1.52. The molecule has 0 fully saturated rings. The van der Waals surface area contributed by atoms with E-state index in [2.05, 4.69) is 54.2 Å². The van der Waals surface area contributed by atoms with E-state index in [1.54, 1.807) is 4.88 Å². The molecule has 0 unspecified atom stereocenters. The van der Waals surface area contributed by atoms with Crippen molar-refractivity contribution in [3.8, 4) is 0 Å². The van der Waals surface area contributed by atoms with Gasteiger partial charge in [0, 0.05) is 22.9 Å². The van der Waals surface area contributed by atoms with Gasteiger partial charge in [0.2, 0.25) is 5.89 Å². The lowest BCUT2D eigenvalue weighted by Crippen LogP contribution is -2.34. The smallest absolute Gasteiger partial charge is 0.232 e. The minimum atomic E-state index is -0.0855. The molecule has 5 heteroatoms. The number of hydrogen-bond acceptors (Lipinski definition) is 5. The summed E-state index contributed by atoms with van der Waals surface area (Å²) in [7, 11) is 0. The van der Waals surface area contributed by atoms with E-state index >= 15 is 0 Å². The summed E-state index contributed by atoms with van der Waals surface area (Å²) in [6.45, 7) is 10.4. The second kappa shape index (κ2) is 5.54. The largest absolute Gasteiger partial charge is 0.339 e. The minimum Gasteiger partial charge on any atom is -0.339 e. The maximum atomic E-state index is 5.41. The van der Waals surface area contributed by atoms with Crippen LogP contribution in [0.1, 0.15) is 62.3 Å². The van der Waals surface area contributed by atoms with Crippen LogP contribution in [0.3, 0.4) is 0 Å². The maximum absolute atomic E-state index is 5.41. The fourth-order valence-electron chi connectivity index (χ4n) is 2.92. The molecule has 0 saturated carbocycles. The molecule has 21 heavy (non-hydrogen) atoms. The van der Waals surface area contributed by atoms with Gasteiger partial charge in [0.15, 0.2) is 5.82 Å². The molecule has 4 nitrogen and oxygen atoms in total. The Bertz CT molecular complexity index is 611. The van der Waals surface area contributed by atoms with Crippen molar-refractivity contribution >= 4 is 11.3 Å². The van der Waals surface area contributed by atoms with Gasteiger partial charge in [-0.05, 0) is 29.9 Å². The van der Waals surface area contributed by atoms with Crippen molar-refractivity contribution in [2.45, 2.75) is 58.5 Å². The summed E-state index contributed by atoms with van der Waals surface area (Å²) >= 11 is 1.88. The second-order valence-corrected chi connectivity index (χ2v) is 7.71. The van der Waals surface area contributed by atoms with E-state index in [4.69, 9.17) is 4.52 Å². The highest BCUT2D eigenvalue weighted by atomic mass is 32.1. The lowest BCUT2D eigenvalue weighted by Gasteiger charge is -2.34. The molecule has 0 aromatic carbocycles. The Labute approximate surface area is 130 Å². The maximum Gasteiger partial charge on any atom is 0.232 e. The molecule has 0 N–H and O–H groups in total. The first kappa shape index (κ1) is 14.7. The SMILES string of the molecule is CC[C@H]1c2ccsc2CCN1Cc1noc(C(C)(C)C)n1. The van der Waals surface area contributed by atoms with Crippen LogP contribution in [0, 0.1) is 0 Å². The third-order valence-corrected chi connectivity index (χ3v) is 5.04. The van der Waals surface area contributed by atoms with E-state index in [0.717, 1.165) is 37.6 Å². The molecule has 2 aromatic rings. The van der Waals surface area contributed by atoms with Crippen molar-refractivity contribution < 1.29 is 4.52 Å². The van der Waals surface area contributed by atoms with Crippen molar-refractivity contribution in [3.05, 3.63) is 33.6 Å². The summed E-state index contributed by atoms with van der Waals surface area (Å²) in [6, 6.07) is 2.76. The molecule has 0 amide bonds. The van der Waals surface area contributed by atoms with Crippen molar-refractivity contribution in [2.75, 3.05) is 6.54 Å². The Morgan fingerprint density at radius 3 is 2.90 bits per heavy atom. The Morgan fingerprint density at radius 1 is 1.43 bits per heavy atom. The third kappa shape index (κ3) is 2.90. The van der Waals surface area contributed by atoms with Crippen LogP contribution in [-0.4, -0.2) is 21.6 Å². The lowest BCUT2D eigenvalue weighted by atomic mass is 9.97. The number of aromatic nitrogens is 2. The zero-order valence-electron chi connectivity index (χ0n) is 13.2. The first-order valence-corrected chi connectivity index (χ1v) is 8.50. The average molecular weight is 305 g/mol. The van der Waals surface area contributed by atoms with Crippen molar-refractivity contribution in [1.29, 1.82) is 0 Å². The Kier molecular flexibility index (Phi) is 3.88. The van der Waals surface area contributed by atoms with Gasteiger partial charge in [-0.1, -0.05) is 32.9 Å². The molecule has 0 spiro atoms. The number of thiophene rings is 1. The van der Waals surface area contributed by atoms with Gasteiger partial charge in [-0.15, -0.1) is 11.3 Å². The fraction of sp³-hybridized carbons (Fsp3) is 0.625. The van der Waals surface area contributed by atoms with Crippen LogP contribution in [-0.2, 0) is 18.4 Å². The van der Waals surface area contributed by atoms with Gasteiger partial charge in [-0.25, -0.2) is 0 Å². The molecular weight excluding hydrogens is 282 g/mol. The van der Waals surface area contributed by atoms with Gasteiger partial charge in [0.1, 0.15) is 0 Å². The van der Waals surface area contributed by atoms with Gasteiger partial charge < -0.3 is 4.52 Å². The zero-order valence-corrected chi connectivity index (χ0v) is 14.0. The number of fused-ring (bicyclic) bond motifs is 1. The van der Waals surface area contributed by atoms with Crippen molar-refractivity contribution in [3.63, 3.8) is 0 Å². The molecule has 1 aliphatic heterocycles. The minimum absolute atomic E-state index is 0.0855. The highest BCUT2D eigenvalue weighted by Crippen LogP contribution is 2.35. The molecule has 2 aromatic heterocycles. The standard InChI is InChI=1S/C16H23N3OS/c1-5-12-11-7-9-21-13(11)6-8-19(12)10-14-17-15(20-18-14)16(2,3)4/h7,9,12H,5-6,8,10H2,1-4H3/t12-/m0/s1. The van der Waals surface area contributed by atoms with E-state index < -0.39 is 0 Å². The number of nitrogens with zero attached hydrogens (tertiary/aromatic N) is 3. The van der Waals surface area contributed by atoms with Crippen molar-refractivity contribution in [2.24, 2.45) is 0 Å². The number of rotatable bonds is 3. The van der Waals surface area contributed by atoms with E-state index in [1.165, 1.54) is 5.56 Å². The normalized spacial score (nSPS) is 19.7. The van der Waals surface area contributed by atoms with Crippen LogP contribution in [0.25, 0.3) is 0 Å². The monoisotopic (exact) mass is 305 g/mol. The molecule has 114 valence electrons. The van der Waals surface area contributed by atoms with Crippen LogP contribution < -0.4 is 0 Å². The summed E-state index contributed by atoms with van der Waals surface area (Å²) in [5.41, 5.74) is 1.41. The average Bonchev–Trinajstić information content (AvgIpc) is 3.06. The van der Waals surface area contributed by atoms with Gasteiger partial charge in [0.05, 0.1) is 6.54 Å². The first-order chi connectivity index (χ1) is 9.99. The topological polar surface area (TPSA) is 42.2 Å². The van der Waals surface area contributed by atoms with Crippen LogP contribution in [0.15, 0.2) is 16.0 Å². The molecule has 3 rings (SSSR count). The lowest BCUT2D eigenvalue weighted by molar-refractivity contribution is 0.166. The Hall–Kier alpha value is -1.20. The van der Waals surface area contributed by atoms with E-state index in [0.29, 0.717) is 6.04 Å². The Balaban J connectivity index is 1.77. The summed E-state index contributed by atoms with van der Waals surface area (Å²) < 4.78 is 5.41. The molecular formula is C16H23N3OS. The molecule has 0 saturated heterocycles. The number of hydrogen-bond donors (Lipinski definition) is 0. The molecule has 1 atom stereocenters. The molecule has 0 radical (unpaired) electrons.